The van der Waals surface area contributed by atoms with Crippen LogP contribution in [0, 0.1) is 5.92 Å². The van der Waals surface area contributed by atoms with E-state index < -0.39 is 0 Å². The summed E-state index contributed by atoms with van der Waals surface area (Å²) in [7, 11) is 3.93. The van der Waals surface area contributed by atoms with Crippen molar-refractivity contribution in [2.45, 2.75) is 13.8 Å². The van der Waals surface area contributed by atoms with Gasteiger partial charge in [-0.25, -0.2) is 9.97 Å². The molecule has 0 fully saturated rings. The third kappa shape index (κ3) is 3.20. The maximum absolute atomic E-state index is 4.14. The van der Waals surface area contributed by atoms with E-state index in [0.29, 0.717) is 5.92 Å². The van der Waals surface area contributed by atoms with E-state index in [-0.39, 0.29) is 0 Å². The van der Waals surface area contributed by atoms with Crippen molar-refractivity contribution in [2.75, 3.05) is 30.9 Å². The van der Waals surface area contributed by atoms with Crippen molar-refractivity contribution >= 4 is 11.6 Å². The highest BCUT2D eigenvalue weighted by atomic mass is 15.2. The molecule has 0 radical (unpaired) electrons. The van der Waals surface area contributed by atoms with Crippen LogP contribution in [0.2, 0.25) is 0 Å². The third-order valence-electron chi connectivity index (χ3n) is 1.80. The summed E-state index contributed by atoms with van der Waals surface area (Å²) in [5.74, 6) is 2.43. The zero-order valence-electron chi connectivity index (χ0n) is 9.28. The number of hydrogen-bond donors (Lipinski definition) is 1. The number of aromatic nitrogens is 2. The predicted octanol–water partition coefficient (Wildman–Crippen LogP) is 1.61. The SMILES string of the molecule is CC(C)CNc1cc(N(C)C)ncn1. The minimum atomic E-state index is 0.618. The van der Waals surface area contributed by atoms with Crippen LogP contribution in [0.3, 0.4) is 0 Å². The lowest BCUT2D eigenvalue weighted by atomic mass is 10.2. The molecule has 0 saturated heterocycles. The van der Waals surface area contributed by atoms with Crippen LogP contribution in [0.15, 0.2) is 12.4 Å². The van der Waals surface area contributed by atoms with Gasteiger partial charge in [-0.1, -0.05) is 13.8 Å². The Morgan fingerprint density at radius 3 is 2.64 bits per heavy atom. The van der Waals surface area contributed by atoms with Gasteiger partial charge in [-0.3, -0.25) is 0 Å². The smallest absolute Gasteiger partial charge is 0.133 e. The van der Waals surface area contributed by atoms with Gasteiger partial charge in [0, 0.05) is 26.7 Å². The Bertz CT molecular complexity index is 283. The summed E-state index contributed by atoms with van der Waals surface area (Å²) < 4.78 is 0. The van der Waals surface area contributed by atoms with Crippen molar-refractivity contribution in [1.82, 2.24) is 9.97 Å². The molecular formula is C10H18N4. The molecule has 78 valence electrons. The second-order valence-electron chi connectivity index (χ2n) is 3.93. The predicted molar refractivity (Wildman–Crippen MR) is 59.7 cm³/mol. The highest BCUT2D eigenvalue weighted by molar-refractivity contribution is 5.47. The van der Waals surface area contributed by atoms with Gasteiger partial charge in [-0.15, -0.1) is 0 Å². The maximum Gasteiger partial charge on any atom is 0.133 e. The van der Waals surface area contributed by atoms with Crippen molar-refractivity contribution < 1.29 is 0 Å². The Hall–Kier alpha value is -1.32. The van der Waals surface area contributed by atoms with Gasteiger partial charge in [-0.2, -0.15) is 0 Å². The van der Waals surface area contributed by atoms with Crippen molar-refractivity contribution in [3.05, 3.63) is 12.4 Å². The average Bonchev–Trinajstić information content (AvgIpc) is 2.15. The molecule has 0 amide bonds. The summed E-state index contributed by atoms with van der Waals surface area (Å²) >= 11 is 0. The molecule has 0 aliphatic rings. The van der Waals surface area contributed by atoms with E-state index >= 15 is 0 Å². The van der Waals surface area contributed by atoms with Crippen molar-refractivity contribution in [1.29, 1.82) is 0 Å². The molecule has 1 N–H and O–H groups in total. The largest absolute Gasteiger partial charge is 0.370 e. The van der Waals surface area contributed by atoms with Gasteiger partial charge < -0.3 is 10.2 Å². The summed E-state index contributed by atoms with van der Waals surface area (Å²) in [6, 6.07) is 1.95. The summed E-state index contributed by atoms with van der Waals surface area (Å²) in [5.41, 5.74) is 0. The van der Waals surface area contributed by atoms with Crippen LogP contribution in [0.25, 0.3) is 0 Å². The molecule has 4 heteroatoms. The monoisotopic (exact) mass is 194 g/mol. The maximum atomic E-state index is 4.14. The normalized spacial score (nSPS) is 10.4. The molecule has 0 spiro atoms. The molecule has 0 aliphatic heterocycles. The van der Waals surface area contributed by atoms with Crippen molar-refractivity contribution in [3.8, 4) is 0 Å². The van der Waals surface area contributed by atoms with E-state index in [9.17, 15) is 0 Å². The Kier molecular flexibility index (Phi) is 3.68. The lowest BCUT2D eigenvalue weighted by molar-refractivity contribution is 0.686. The number of hydrogen-bond acceptors (Lipinski definition) is 4. The van der Waals surface area contributed by atoms with Gasteiger partial charge >= 0.3 is 0 Å². The fraction of sp³-hybridized carbons (Fsp3) is 0.600. The first-order valence-corrected chi connectivity index (χ1v) is 4.83. The zero-order chi connectivity index (χ0) is 10.6. The van der Waals surface area contributed by atoms with Crippen molar-refractivity contribution in [2.24, 2.45) is 5.92 Å². The molecule has 0 atom stereocenters. The molecule has 1 aromatic rings. The molecule has 0 bridgehead atoms. The summed E-state index contributed by atoms with van der Waals surface area (Å²) in [6.45, 7) is 5.27. The second kappa shape index (κ2) is 4.79. The second-order valence-corrected chi connectivity index (χ2v) is 3.93. The third-order valence-corrected chi connectivity index (χ3v) is 1.80. The lowest BCUT2D eigenvalue weighted by Gasteiger charge is -2.13. The van der Waals surface area contributed by atoms with Crippen LogP contribution in [0.5, 0.6) is 0 Å². The van der Waals surface area contributed by atoms with Gasteiger partial charge in [0.05, 0.1) is 0 Å². The lowest BCUT2D eigenvalue weighted by Crippen LogP contribution is -2.13. The minimum Gasteiger partial charge on any atom is -0.370 e. The molecule has 0 aromatic carbocycles. The number of rotatable bonds is 4. The number of anilines is 2. The van der Waals surface area contributed by atoms with Crippen LogP contribution in [0.1, 0.15) is 13.8 Å². The highest BCUT2D eigenvalue weighted by Crippen LogP contribution is 2.11. The Morgan fingerprint density at radius 1 is 1.36 bits per heavy atom. The standard InChI is InChI=1S/C10H18N4/c1-8(2)6-11-9-5-10(14(3)4)13-7-12-9/h5,7-8H,6H2,1-4H3,(H,11,12,13). The quantitative estimate of drug-likeness (QED) is 0.790. The Labute approximate surface area is 85.4 Å². The average molecular weight is 194 g/mol. The van der Waals surface area contributed by atoms with Crippen LogP contribution in [-0.4, -0.2) is 30.6 Å². The Balaban J connectivity index is 2.64. The molecular weight excluding hydrogens is 176 g/mol. The van der Waals surface area contributed by atoms with Crippen LogP contribution >= 0.6 is 0 Å². The van der Waals surface area contributed by atoms with Crippen LogP contribution in [0.4, 0.5) is 11.6 Å². The first-order chi connectivity index (χ1) is 6.59. The fourth-order valence-corrected chi connectivity index (χ4v) is 0.997. The summed E-state index contributed by atoms with van der Waals surface area (Å²) in [6.07, 6.45) is 1.58. The molecule has 0 saturated carbocycles. The summed E-state index contributed by atoms with van der Waals surface area (Å²) in [4.78, 5) is 10.2. The molecule has 4 nitrogen and oxygen atoms in total. The molecule has 0 unspecified atom stereocenters. The molecule has 0 aliphatic carbocycles. The minimum absolute atomic E-state index is 0.618. The van der Waals surface area contributed by atoms with Crippen molar-refractivity contribution in [3.63, 3.8) is 0 Å². The van der Waals surface area contributed by atoms with E-state index in [4.69, 9.17) is 0 Å². The van der Waals surface area contributed by atoms with Crippen LogP contribution in [-0.2, 0) is 0 Å². The van der Waals surface area contributed by atoms with Gasteiger partial charge in [0.1, 0.15) is 18.0 Å². The van der Waals surface area contributed by atoms with E-state index in [0.717, 1.165) is 18.2 Å². The number of nitrogens with one attached hydrogen (secondary N) is 1. The van der Waals surface area contributed by atoms with E-state index in [1.54, 1.807) is 6.33 Å². The highest BCUT2D eigenvalue weighted by Gasteiger charge is 2.00. The first-order valence-electron chi connectivity index (χ1n) is 4.83. The van der Waals surface area contributed by atoms with Gasteiger partial charge in [-0.05, 0) is 5.92 Å². The number of nitrogens with zero attached hydrogens (tertiary/aromatic N) is 3. The van der Waals surface area contributed by atoms with Gasteiger partial charge in [0.25, 0.3) is 0 Å². The van der Waals surface area contributed by atoms with Gasteiger partial charge in [0.15, 0.2) is 0 Å². The van der Waals surface area contributed by atoms with Gasteiger partial charge in [0.2, 0.25) is 0 Å². The van der Waals surface area contributed by atoms with Crippen LogP contribution < -0.4 is 10.2 Å². The topological polar surface area (TPSA) is 41.0 Å². The molecule has 1 rings (SSSR count). The molecule has 1 heterocycles. The van der Waals surface area contributed by atoms with E-state index in [2.05, 4.69) is 29.1 Å². The first kappa shape index (κ1) is 10.8. The van der Waals surface area contributed by atoms with E-state index in [1.807, 2.05) is 25.1 Å². The zero-order valence-corrected chi connectivity index (χ0v) is 9.28. The molecule has 1 aromatic heterocycles. The summed E-state index contributed by atoms with van der Waals surface area (Å²) in [5, 5.41) is 3.26. The molecule has 14 heavy (non-hydrogen) atoms. The Morgan fingerprint density at radius 2 is 2.07 bits per heavy atom. The fourth-order valence-electron chi connectivity index (χ4n) is 0.997. The van der Waals surface area contributed by atoms with E-state index in [1.165, 1.54) is 0 Å².